The van der Waals surface area contributed by atoms with Gasteiger partial charge in [0.15, 0.2) is 0 Å². The smallest absolute Gasteiger partial charge is 0.246 e. The number of hydrogen-bond acceptors (Lipinski definition) is 5. The van der Waals surface area contributed by atoms with Gasteiger partial charge in [-0.15, -0.1) is 0 Å². The van der Waals surface area contributed by atoms with E-state index in [1.54, 1.807) is 4.90 Å². The molecule has 0 aromatic heterocycles. The highest BCUT2D eigenvalue weighted by Gasteiger charge is 2.77. The van der Waals surface area contributed by atoms with Gasteiger partial charge in [-0.2, -0.15) is 0 Å². The van der Waals surface area contributed by atoms with Crippen LogP contribution in [0.1, 0.15) is 66.2 Å². The van der Waals surface area contributed by atoms with E-state index in [2.05, 4.69) is 10.6 Å². The molecule has 0 radical (unpaired) electrons. The number of nitrogens with zero attached hydrogens (tertiary/aromatic N) is 1. The molecule has 0 saturated carbocycles. The lowest BCUT2D eigenvalue weighted by molar-refractivity contribution is -0.146. The van der Waals surface area contributed by atoms with Gasteiger partial charge in [0.25, 0.3) is 0 Å². The lowest BCUT2D eigenvalue weighted by atomic mass is 9.66. The number of rotatable bonds is 10. The van der Waals surface area contributed by atoms with Crippen LogP contribution in [0.15, 0.2) is 0 Å². The van der Waals surface area contributed by atoms with Gasteiger partial charge in [-0.25, -0.2) is 0 Å². The molecule has 3 aliphatic rings. The summed E-state index contributed by atoms with van der Waals surface area (Å²) in [6.07, 6.45) is 4.21. The highest BCUT2D eigenvalue weighted by atomic mass is 16.5. The fraction of sp³-hybridized carbons (Fsp3) is 0.864. The number of fused-ring (bicyclic) bond motifs is 1. The maximum absolute atomic E-state index is 13.6. The zero-order valence-electron chi connectivity index (χ0n) is 18.7. The first-order chi connectivity index (χ1) is 14.2. The normalized spacial score (nSPS) is 34.5. The summed E-state index contributed by atoms with van der Waals surface area (Å²) in [5, 5.41) is 15.0. The lowest BCUT2D eigenvalue weighted by Gasteiger charge is -2.34. The Morgan fingerprint density at radius 3 is 2.60 bits per heavy atom. The zero-order valence-corrected chi connectivity index (χ0v) is 18.7. The van der Waals surface area contributed by atoms with Crippen molar-refractivity contribution in [1.29, 1.82) is 0 Å². The van der Waals surface area contributed by atoms with Crippen LogP contribution in [0.3, 0.4) is 0 Å². The molecule has 8 heteroatoms. The third-order valence-corrected chi connectivity index (χ3v) is 6.84. The molecule has 5 atom stereocenters. The van der Waals surface area contributed by atoms with E-state index in [0.717, 1.165) is 12.8 Å². The number of likely N-dealkylation sites (tertiary alicyclic amines) is 1. The Hall–Kier alpha value is -1.67. The Bertz CT molecular complexity index is 684. The summed E-state index contributed by atoms with van der Waals surface area (Å²) < 4.78 is 6.50. The molecular formula is C22H37N3O5. The summed E-state index contributed by atoms with van der Waals surface area (Å²) in [6, 6.07) is -0.783. The number of amides is 3. The molecule has 3 N–H and O–H groups in total. The average Bonchev–Trinajstić information content (AvgIpc) is 3.24. The Morgan fingerprint density at radius 1 is 1.23 bits per heavy atom. The largest absolute Gasteiger partial charge is 0.396 e. The summed E-state index contributed by atoms with van der Waals surface area (Å²) in [7, 11) is 0. The summed E-state index contributed by atoms with van der Waals surface area (Å²) in [4.78, 5) is 41.6. The van der Waals surface area contributed by atoms with Crippen molar-refractivity contribution in [2.45, 2.75) is 89.5 Å². The molecule has 3 heterocycles. The number of aliphatic hydroxyl groups is 1. The minimum Gasteiger partial charge on any atom is -0.396 e. The van der Waals surface area contributed by atoms with E-state index in [4.69, 9.17) is 9.84 Å². The van der Waals surface area contributed by atoms with Crippen LogP contribution in [0.5, 0.6) is 0 Å². The van der Waals surface area contributed by atoms with Crippen LogP contribution in [0.2, 0.25) is 0 Å². The summed E-state index contributed by atoms with van der Waals surface area (Å²) in [6.45, 7) is 8.78. The second kappa shape index (κ2) is 8.83. The molecule has 8 nitrogen and oxygen atoms in total. The molecule has 0 aromatic rings. The molecule has 3 rings (SSSR count). The molecule has 3 aliphatic heterocycles. The Balaban J connectivity index is 1.93. The number of unbranched alkanes of at least 4 members (excludes halogenated alkanes) is 2. The van der Waals surface area contributed by atoms with Gasteiger partial charge in [-0.1, -0.05) is 6.92 Å². The first-order valence-electron chi connectivity index (χ1n) is 11.4. The van der Waals surface area contributed by atoms with Crippen molar-refractivity contribution in [3.8, 4) is 0 Å². The number of nitrogens with one attached hydrogen (secondary N) is 2. The zero-order chi connectivity index (χ0) is 22.1. The fourth-order valence-electron chi connectivity index (χ4n) is 5.66. The van der Waals surface area contributed by atoms with E-state index in [0.29, 0.717) is 38.8 Å². The minimum absolute atomic E-state index is 0.0582. The number of carbonyl (C=O) groups is 3. The highest BCUT2D eigenvalue weighted by molar-refractivity contribution is 5.99. The molecule has 30 heavy (non-hydrogen) atoms. The van der Waals surface area contributed by atoms with Gasteiger partial charge in [0, 0.05) is 25.7 Å². The van der Waals surface area contributed by atoms with Crippen molar-refractivity contribution < 1.29 is 24.2 Å². The summed E-state index contributed by atoms with van der Waals surface area (Å²) in [5.41, 5.74) is -1.67. The third kappa shape index (κ3) is 3.73. The quantitative estimate of drug-likeness (QED) is 0.454. The van der Waals surface area contributed by atoms with Crippen molar-refractivity contribution >= 4 is 17.7 Å². The predicted molar refractivity (Wildman–Crippen MR) is 111 cm³/mol. The van der Waals surface area contributed by atoms with Crippen LogP contribution in [0.4, 0.5) is 0 Å². The maximum Gasteiger partial charge on any atom is 0.246 e. The minimum atomic E-state index is -0.948. The van der Waals surface area contributed by atoms with Gasteiger partial charge in [0.1, 0.15) is 11.6 Å². The first-order valence-corrected chi connectivity index (χ1v) is 11.4. The van der Waals surface area contributed by atoms with Gasteiger partial charge in [0.2, 0.25) is 17.7 Å². The molecule has 0 aliphatic carbocycles. The van der Waals surface area contributed by atoms with Crippen molar-refractivity contribution in [3.63, 3.8) is 0 Å². The van der Waals surface area contributed by atoms with E-state index >= 15 is 0 Å². The van der Waals surface area contributed by atoms with Gasteiger partial charge in [-0.05, 0) is 59.3 Å². The topological polar surface area (TPSA) is 108 Å². The standard InChI is InChI=1S/C22H37N3O5/c1-5-11-23-18(27)15-16-20(29)25(12-7-6-8-13-26)17(19(28)24-14(2)3)22(16)10-9-21(15,4)30-22/h14-17,26H,5-13H2,1-4H3,(H,23,27)(H,24,28)/t15-,16-,17?,21+,22?/m0/s1. The molecule has 2 unspecified atom stereocenters. The van der Waals surface area contributed by atoms with Crippen molar-refractivity contribution in [3.05, 3.63) is 0 Å². The molecule has 1 spiro atoms. The van der Waals surface area contributed by atoms with Crippen LogP contribution >= 0.6 is 0 Å². The monoisotopic (exact) mass is 423 g/mol. The van der Waals surface area contributed by atoms with Crippen LogP contribution < -0.4 is 10.6 Å². The number of carbonyl (C=O) groups excluding carboxylic acids is 3. The maximum atomic E-state index is 13.6. The van der Waals surface area contributed by atoms with Gasteiger partial charge >= 0.3 is 0 Å². The Morgan fingerprint density at radius 2 is 1.97 bits per heavy atom. The summed E-state index contributed by atoms with van der Waals surface area (Å²) in [5.74, 6) is -1.72. The van der Waals surface area contributed by atoms with E-state index in [1.807, 2.05) is 27.7 Å². The average molecular weight is 424 g/mol. The SMILES string of the molecule is CCCNC(=O)[C@@H]1[C@H]2C(=O)N(CCCCCO)C(C(=O)NC(C)C)C23CC[C@@]1(C)O3. The van der Waals surface area contributed by atoms with Crippen molar-refractivity contribution in [2.24, 2.45) is 11.8 Å². The van der Waals surface area contributed by atoms with Gasteiger partial charge < -0.3 is 25.4 Å². The first kappa shape index (κ1) is 23.0. The van der Waals surface area contributed by atoms with E-state index in [1.165, 1.54) is 0 Å². The molecule has 3 fully saturated rings. The Labute approximate surface area is 179 Å². The predicted octanol–water partition coefficient (Wildman–Crippen LogP) is 0.965. The van der Waals surface area contributed by atoms with Crippen molar-refractivity contribution in [2.75, 3.05) is 19.7 Å². The third-order valence-electron chi connectivity index (χ3n) is 6.84. The van der Waals surface area contributed by atoms with Crippen molar-refractivity contribution in [1.82, 2.24) is 15.5 Å². The summed E-state index contributed by atoms with van der Waals surface area (Å²) >= 11 is 0. The second-order valence-electron chi connectivity index (χ2n) is 9.50. The molecule has 3 saturated heterocycles. The van der Waals surface area contributed by atoms with Crippen LogP contribution in [-0.2, 0) is 19.1 Å². The number of ether oxygens (including phenoxy) is 1. The van der Waals surface area contributed by atoms with Gasteiger partial charge in [0.05, 0.1) is 17.4 Å². The van der Waals surface area contributed by atoms with E-state index in [-0.39, 0.29) is 30.4 Å². The van der Waals surface area contributed by atoms with Gasteiger partial charge in [-0.3, -0.25) is 14.4 Å². The van der Waals surface area contributed by atoms with Crippen LogP contribution in [-0.4, -0.2) is 70.7 Å². The van der Waals surface area contributed by atoms with Crippen LogP contribution in [0, 0.1) is 11.8 Å². The molecular weight excluding hydrogens is 386 g/mol. The molecule has 170 valence electrons. The lowest BCUT2D eigenvalue weighted by Crippen LogP contribution is -2.56. The highest BCUT2D eigenvalue weighted by Crippen LogP contribution is 2.63. The van der Waals surface area contributed by atoms with E-state index < -0.39 is 29.1 Å². The fourth-order valence-corrected chi connectivity index (χ4v) is 5.66. The molecule has 0 aromatic carbocycles. The number of aliphatic hydroxyl groups excluding tert-OH is 1. The van der Waals surface area contributed by atoms with E-state index in [9.17, 15) is 14.4 Å². The Kier molecular flexibility index (Phi) is 6.77. The molecule has 3 amide bonds. The van der Waals surface area contributed by atoms with Crippen LogP contribution in [0.25, 0.3) is 0 Å². The number of hydrogen-bond donors (Lipinski definition) is 3. The molecule has 2 bridgehead atoms. The second-order valence-corrected chi connectivity index (χ2v) is 9.50.